The largest absolute Gasteiger partial charge is 0.505 e. The maximum Gasteiger partial charge on any atom is 0.253 e. The standard InChI is InChI=1S/C21H21ClFN3O4S/c1-11(10-12-6-4-5-7-14(12)23)24-16-17(20(29)19(16)28)25-15-9-8-13(22)21(18(15)27)31-26(2)30-3/h4-9,11,24-25,27H,10H2,1-3H3. The molecule has 0 aliphatic rings. The van der Waals surface area contributed by atoms with Crippen molar-refractivity contribution < 1.29 is 14.3 Å². The molecule has 0 saturated carbocycles. The predicted octanol–water partition coefficient (Wildman–Crippen LogP) is 4.07. The molecule has 0 saturated heterocycles. The molecule has 3 rings (SSSR count). The number of benzene rings is 2. The Hall–Kier alpha value is -2.59. The lowest BCUT2D eigenvalue weighted by atomic mass is 10.1. The molecule has 0 aliphatic heterocycles. The van der Waals surface area contributed by atoms with Gasteiger partial charge in [0.1, 0.15) is 17.2 Å². The van der Waals surface area contributed by atoms with Gasteiger partial charge in [-0.25, -0.2) is 4.39 Å². The Morgan fingerprint density at radius 2 is 1.87 bits per heavy atom. The lowest BCUT2D eigenvalue weighted by Gasteiger charge is -2.21. The molecule has 0 aromatic heterocycles. The highest BCUT2D eigenvalue weighted by Crippen LogP contribution is 2.42. The second-order valence-electron chi connectivity index (χ2n) is 6.86. The molecule has 0 aliphatic carbocycles. The van der Waals surface area contributed by atoms with E-state index in [0.29, 0.717) is 21.9 Å². The van der Waals surface area contributed by atoms with Crippen molar-refractivity contribution in [1.29, 1.82) is 0 Å². The van der Waals surface area contributed by atoms with Gasteiger partial charge in [0.15, 0.2) is 5.75 Å². The molecule has 0 heterocycles. The normalized spacial score (nSPS) is 12.3. The number of anilines is 3. The molecule has 0 radical (unpaired) electrons. The lowest BCUT2D eigenvalue weighted by Crippen LogP contribution is -2.39. The molecule has 3 aromatic carbocycles. The molecule has 0 amide bonds. The van der Waals surface area contributed by atoms with E-state index in [4.69, 9.17) is 16.4 Å². The lowest BCUT2D eigenvalue weighted by molar-refractivity contribution is -0.0146. The Labute approximate surface area is 187 Å². The highest BCUT2D eigenvalue weighted by Gasteiger charge is 2.24. The fourth-order valence-corrected chi connectivity index (χ4v) is 3.91. The number of phenolic OH excluding ortho intramolecular Hbond substituents is 1. The number of aromatic hydroxyl groups is 1. The van der Waals surface area contributed by atoms with Crippen LogP contribution in [-0.4, -0.2) is 29.8 Å². The number of hydrogen-bond donors (Lipinski definition) is 3. The van der Waals surface area contributed by atoms with Crippen LogP contribution in [0, 0.1) is 5.82 Å². The summed E-state index contributed by atoms with van der Waals surface area (Å²) >= 11 is 7.21. The average molecular weight is 466 g/mol. The van der Waals surface area contributed by atoms with Crippen molar-refractivity contribution in [3.8, 4) is 5.75 Å². The van der Waals surface area contributed by atoms with Gasteiger partial charge in [0, 0.05) is 13.1 Å². The van der Waals surface area contributed by atoms with Gasteiger partial charge < -0.3 is 15.7 Å². The van der Waals surface area contributed by atoms with Gasteiger partial charge in [-0.15, -0.1) is 4.47 Å². The van der Waals surface area contributed by atoms with Crippen LogP contribution in [0.3, 0.4) is 0 Å². The molecular weight excluding hydrogens is 445 g/mol. The smallest absolute Gasteiger partial charge is 0.253 e. The number of nitrogens with one attached hydrogen (secondary N) is 2. The number of halogens is 2. The van der Waals surface area contributed by atoms with Crippen molar-refractivity contribution in [1.82, 2.24) is 4.47 Å². The highest BCUT2D eigenvalue weighted by atomic mass is 35.5. The van der Waals surface area contributed by atoms with Crippen LogP contribution < -0.4 is 21.5 Å². The summed E-state index contributed by atoms with van der Waals surface area (Å²) in [5.74, 6) is -0.531. The van der Waals surface area contributed by atoms with Crippen molar-refractivity contribution in [2.75, 3.05) is 24.8 Å². The molecule has 1 unspecified atom stereocenters. The minimum atomic E-state index is -0.710. The van der Waals surface area contributed by atoms with Crippen LogP contribution >= 0.6 is 23.5 Å². The first kappa shape index (κ1) is 23.1. The summed E-state index contributed by atoms with van der Waals surface area (Å²) in [5, 5.41) is 16.7. The minimum Gasteiger partial charge on any atom is -0.505 e. The molecular formula is C21H21ClFN3O4S. The zero-order valence-electron chi connectivity index (χ0n) is 17.0. The fourth-order valence-electron chi connectivity index (χ4n) is 2.97. The first-order valence-corrected chi connectivity index (χ1v) is 10.5. The summed E-state index contributed by atoms with van der Waals surface area (Å²) in [4.78, 5) is 29.6. The molecule has 3 N–H and O–H groups in total. The second kappa shape index (κ2) is 9.69. The number of phenols is 1. The van der Waals surface area contributed by atoms with Crippen molar-refractivity contribution in [2.24, 2.45) is 0 Å². The van der Waals surface area contributed by atoms with Gasteiger partial charge in [-0.2, -0.15) is 0 Å². The van der Waals surface area contributed by atoms with Gasteiger partial charge in [-0.1, -0.05) is 29.8 Å². The van der Waals surface area contributed by atoms with E-state index in [9.17, 15) is 19.1 Å². The van der Waals surface area contributed by atoms with Crippen LogP contribution in [0.4, 0.5) is 21.5 Å². The number of rotatable bonds is 9. The molecule has 0 spiro atoms. The Balaban J connectivity index is 1.81. The summed E-state index contributed by atoms with van der Waals surface area (Å²) < 4.78 is 15.3. The van der Waals surface area contributed by atoms with Gasteiger partial charge in [0.05, 0.1) is 22.7 Å². The average Bonchev–Trinajstić information content (AvgIpc) is 2.76. The quantitative estimate of drug-likeness (QED) is 0.188. The van der Waals surface area contributed by atoms with Crippen LogP contribution in [0.1, 0.15) is 12.5 Å². The molecule has 164 valence electrons. The van der Waals surface area contributed by atoms with E-state index in [2.05, 4.69) is 10.6 Å². The van der Waals surface area contributed by atoms with Crippen molar-refractivity contribution in [3.05, 3.63) is 73.2 Å². The first-order valence-electron chi connectivity index (χ1n) is 9.30. The first-order chi connectivity index (χ1) is 14.7. The zero-order chi connectivity index (χ0) is 22.7. The summed E-state index contributed by atoms with van der Waals surface area (Å²) in [6, 6.07) is 9.09. The van der Waals surface area contributed by atoms with E-state index < -0.39 is 10.9 Å². The van der Waals surface area contributed by atoms with Crippen molar-refractivity contribution >= 4 is 40.6 Å². The van der Waals surface area contributed by atoms with Crippen LogP contribution in [0.15, 0.2) is 50.9 Å². The van der Waals surface area contributed by atoms with Crippen LogP contribution in [-0.2, 0) is 11.3 Å². The monoisotopic (exact) mass is 465 g/mol. The summed E-state index contributed by atoms with van der Waals surface area (Å²) in [7, 11) is 3.10. The van der Waals surface area contributed by atoms with Gasteiger partial charge in [0.25, 0.3) is 10.9 Å². The SMILES string of the molecule is CON(C)Sc1c(Cl)ccc(Nc2c(NC(C)Cc3ccccc3F)c(=O)c2=O)c1O. The summed E-state index contributed by atoms with van der Waals surface area (Å²) in [6.07, 6.45) is 0.321. The number of hydrogen-bond acceptors (Lipinski definition) is 8. The third-order valence-corrected chi connectivity index (χ3v) is 6.03. The van der Waals surface area contributed by atoms with Crippen molar-refractivity contribution in [3.63, 3.8) is 0 Å². The Morgan fingerprint density at radius 3 is 2.55 bits per heavy atom. The highest BCUT2D eigenvalue weighted by molar-refractivity contribution is 7.97. The van der Waals surface area contributed by atoms with Gasteiger partial charge >= 0.3 is 0 Å². The molecule has 3 aromatic rings. The molecule has 10 heteroatoms. The molecule has 7 nitrogen and oxygen atoms in total. The van der Waals surface area contributed by atoms with E-state index in [1.807, 2.05) is 0 Å². The van der Waals surface area contributed by atoms with Crippen LogP contribution in [0.5, 0.6) is 5.75 Å². The van der Waals surface area contributed by atoms with E-state index in [1.54, 1.807) is 38.2 Å². The van der Waals surface area contributed by atoms with Gasteiger partial charge in [-0.3, -0.25) is 14.4 Å². The number of hydroxylamine groups is 1. The third kappa shape index (κ3) is 5.01. The third-order valence-electron chi connectivity index (χ3n) is 4.61. The maximum absolute atomic E-state index is 13.9. The molecule has 0 bridgehead atoms. The molecule has 1 atom stereocenters. The van der Waals surface area contributed by atoms with E-state index >= 15 is 0 Å². The maximum atomic E-state index is 13.9. The molecule has 31 heavy (non-hydrogen) atoms. The predicted molar refractivity (Wildman–Crippen MR) is 122 cm³/mol. The summed E-state index contributed by atoms with van der Waals surface area (Å²) in [6.45, 7) is 1.78. The summed E-state index contributed by atoms with van der Waals surface area (Å²) in [5.41, 5.74) is -0.572. The van der Waals surface area contributed by atoms with Gasteiger partial charge in [0.2, 0.25) is 0 Å². The van der Waals surface area contributed by atoms with Crippen LogP contribution in [0.2, 0.25) is 5.02 Å². The van der Waals surface area contributed by atoms with Crippen molar-refractivity contribution in [2.45, 2.75) is 24.3 Å². The Kier molecular flexibility index (Phi) is 7.22. The minimum absolute atomic E-state index is 0.0269. The van der Waals surface area contributed by atoms with Gasteiger partial charge in [-0.05, 0) is 49.1 Å². The zero-order valence-corrected chi connectivity index (χ0v) is 18.6. The number of nitrogens with zero attached hydrogens (tertiary/aromatic N) is 1. The van der Waals surface area contributed by atoms with E-state index in [1.165, 1.54) is 23.7 Å². The second-order valence-corrected chi connectivity index (χ2v) is 8.37. The Morgan fingerprint density at radius 1 is 1.19 bits per heavy atom. The van der Waals surface area contributed by atoms with E-state index in [0.717, 1.165) is 11.9 Å². The van der Waals surface area contributed by atoms with Crippen LogP contribution in [0.25, 0.3) is 0 Å². The fraction of sp³-hybridized carbons (Fsp3) is 0.238. The van der Waals surface area contributed by atoms with E-state index in [-0.39, 0.29) is 34.7 Å². The Bertz CT molecular complexity index is 1170. The molecule has 0 fully saturated rings. The topological polar surface area (TPSA) is 90.9 Å².